The molecule has 0 saturated heterocycles. The third-order valence-corrected chi connectivity index (χ3v) is 2.78. The van der Waals surface area contributed by atoms with E-state index in [0.717, 1.165) is 16.9 Å². The Hall–Kier alpha value is -1.86. The lowest BCUT2D eigenvalue weighted by atomic mass is 10.2. The van der Waals surface area contributed by atoms with Gasteiger partial charge in [0, 0.05) is 14.2 Å². The average Bonchev–Trinajstić information content (AvgIpc) is 2.66. The van der Waals surface area contributed by atoms with Gasteiger partial charge in [0.15, 0.2) is 0 Å². The van der Waals surface area contributed by atoms with Crippen molar-refractivity contribution in [2.24, 2.45) is 7.05 Å². The molecule has 4 heteroatoms. The molecule has 0 bridgehead atoms. The number of para-hydroxylation sites is 1. The summed E-state index contributed by atoms with van der Waals surface area (Å²) >= 11 is 0. The van der Waals surface area contributed by atoms with Crippen LogP contribution in [0.3, 0.4) is 0 Å². The standard InChI is InChI=1S/C12H13N3O/c1-8(16-3)12-14-11-9(7-13)5-4-6-10(11)15(12)2/h4-6,8H,1-3H3. The Morgan fingerprint density at radius 2 is 2.25 bits per heavy atom. The van der Waals surface area contributed by atoms with Crippen molar-refractivity contribution in [2.45, 2.75) is 13.0 Å². The van der Waals surface area contributed by atoms with Gasteiger partial charge < -0.3 is 9.30 Å². The van der Waals surface area contributed by atoms with Gasteiger partial charge in [0.1, 0.15) is 23.5 Å². The summed E-state index contributed by atoms with van der Waals surface area (Å²) in [6, 6.07) is 7.74. The monoisotopic (exact) mass is 215 g/mol. The number of aryl methyl sites for hydroxylation is 1. The molecule has 1 aromatic heterocycles. The third-order valence-electron chi connectivity index (χ3n) is 2.78. The number of benzene rings is 1. The number of nitriles is 1. The summed E-state index contributed by atoms with van der Waals surface area (Å²) in [6.07, 6.45) is -0.0797. The van der Waals surface area contributed by atoms with Crippen molar-refractivity contribution in [2.75, 3.05) is 7.11 Å². The summed E-state index contributed by atoms with van der Waals surface area (Å²) < 4.78 is 7.22. The van der Waals surface area contributed by atoms with Crippen LogP contribution >= 0.6 is 0 Å². The Labute approximate surface area is 94.1 Å². The molecule has 1 unspecified atom stereocenters. The van der Waals surface area contributed by atoms with Crippen molar-refractivity contribution in [3.05, 3.63) is 29.6 Å². The van der Waals surface area contributed by atoms with Crippen LogP contribution in [-0.4, -0.2) is 16.7 Å². The Morgan fingerprint density at radius 1 is 1.50 bits per heavy atom. The van der Waals surface area contributed by atoms with Crippen molar-refractivity contribution in [1.82, 2.24) is 9.55 Å². The highest BCUT2D eigenvalue weighted by Gasteiger charge is 2.15. The quantitative estimate of drug-likeness (QED) is 0.771. The second-order valence-electron chi connectivity index (χ2n) is 3.69. The first-order valence-corrected chi connectivity index (χ1v) is 5.07. The topological polar surface area (TPSA) is 50.8 Å². The van der Waals surface area contributed by atoms with Gasteiger partial charge in [-0.05, 0) is 19.1 Å². The van der Waals surface area contributed by atoms with E-state index in [9.17, 15) is 0 Å². The van der Waals surface area contributed by atoms with Gasteiger partial charge in [-0.2, -0.15) is 5.26 Å². The molecule has 2 rings (SSSR count). The van der Waals surface area contributed by atoms with Gasteiger partial charge in [0.05, 0.1) is 11.1 Å². The van der Waals surface area contributed by atoms with Crippen LogP contribution in [0.25, 0.3) is 11.0 Å². The lowest BCUT2D eigenvalue weighted by Gasteiger charge is -2.08. The molecule has 4 nitrogen and oxygen atoms in total. The van der Waals surface area contributed by atoms with Gasteiger partial charge >= 0.3 is 0 Å². The zero-order valence-electron chi connectivity index (χ0n) is 9.56. The highest BCUT2D eigenvalue weighted by molar-refractivity contribution is 5.82. The third kappa shape index (κ3) is 1.46. The highest BCUT2D eigenvalue weighted by atomic mass is 16.5. The van der Waals surface area contributed by atoms with Crippen LogP contribution in [0.1, 0.15) is 24.4 Å². The molecule has 2 aromatic rings. The van der Waals surface area contributed by atoms with E-state index in [2.05, 4.69) is 11.1 Å². The van der Waals surface area contributed by atoms with E-state index in [1.54, 1.807) is 13.2 Å². The number of aromatic nitrogens is 2. The van der Waals surface area contributed by atoms with Gasteiger partial charge in [0.2, 0.25) is 0 Å². The van der Waals surface area contributed by atoms with Crippen LogP contribution < -0.4 is 0 Å². The van der Waals surface area contributed by atoms with E-state index in [1.807, 2.05) is 30.7 Å². The molecule has 1 heterocycles. The Kier molecular flexibility index (Phi) is 2.63. The Morgan fingerprint density at radius 3 is 2.88 bits per heavy atom. The van der Waals surface area contributed by atoms with Gasteiger partial charge in [-0.1, -0.05) is 6.07 Å². The smallest absolute Gasteiger partial charge is 0.138 e. The summed E-state index contributed by atoms with van der Waals surface area (Å²) in [7, 11) is 3.58. The summed E-state index contributed by atoms with van der Waals surface area (Å²) in [6.45, 7) is 1.94. The van der Waals surface area contributed by atoms with Crippen LogP contribution in [0.5, 0.6) is 0 Å². The lowest BCUT2D eigenvalue weighted by Crippen LogP contribution is -2.04. The molecule has 1 aromatic carbocycles. The summed E-state index contributed by atoms with van der Waals surface area (Å²) in [5.74, 6) is 0.834. The van der Waals surface area contributed by atoms with Gasteiger partial charge in [-0.25, -0.2) is 4.98 Å². The van der Waals surface area contributed by atoms with Crippen molar-refractivity contribution in [3.8, 4) is 6.07 Å². The number of methoxy groups -OCH3 is 1. The van der Waals surface area contributed by atoms with E-state index >= 15 is 0 Å². The van der Waals surface area contributed by atoms with Crippen molar-refractivity contribution in [3.63, 3.8) is 0 Å². The maximum Gasteiger partial charge on any atom is 0.138 e. The molecular weight excluding hydrogens is 202 g/mol. The maximum atomic E-state index is 9.00. The number of imidazole rings is 1. The number of fused-ring (bicyclic) bond motifs is 1. The normalized spacial score (nSPS) is 12.6. The van der Waals surface area contributed by atoms with Crippen molar-refractivity contribution >= 4 is 11.0 Å². The minimum atomic E-state index is -0.0797. The molecule has 0 N–H and O–H groups in total. The largest absolute Gasteiger partial charge is 0.374 e. The molecule has 1 atom stereocenters. The van der Waals surface area contributed by atoms with Crippen LogP contribution in [-0.2, 0) is 11.8 Å². The molecule has 0 saturated carbocycles. The summed E-state index contributed by atoms with van der Waals surface area (Å²) in [5.41, 5.74) is 2.30. The van der Waals surface area contributed by atoms with E-state index in [0.29, 0.717) is 5.56 Å². The first-order valence-electron chi connectivity index (χ1n) is 5.07. The van der Waals surface area contributed by atoms with E-state index < -0.39 is 0 Å². The molecule has 0 aliphatic rings. The molecule has 16 heavy (non-hydrogen) atoms. The fraction of sp³-hybridized carbons (Fsp3) is 0.333. The SMILES string of the molecule is COC(C)c1nc2c(C#N)cccc2n1C. The van der Waals surface area contributed by atoms with Crippen molar-refractivity contribution < 1.29 is 4.74 Å². The minimum Gasteiger partial charge on any atom is -0.374 e. The molecule has 0 spiro atoms. The number of hydrogen-bond acceptors (Lipinski definition) is 3. The summed E-state index contributed by atoms with van der Waals surface area (Å²) in [4.78, 5) is 4.47. The number of nitrogens with zero attached hydrogens (tertiary/aromatic N) is 3. The first-order chi connectivity index (χ1) is 7.69. The fourth-order valence-electron chi connectivity index (χ4n) is 1.79. The van der Waals surface area contributed by atoms with E-state index in [-0.39, 0.29) is 6.10 Å². The molecular formula is C12H13N3O. The second kappa shape index (κ2) is 3.95. The lowest BCUT2D eigenvalue weighted by molar-refractivity contribution is 0.110. The molecule has 0 fully saturated rings. The molecule has 0 aliphatic heterocycles. The van der Waals surface area contributed by atoms with Crippen LogP contribution in [0.15, 0.2) is 18.2 Å². The summed E-state index contributed by atoms with van der Waals surface area (Å²) in [5, 5.41) is 9.00. The second-order valence-corrected chi connectivity index (χ2v) is 3.69. The first kappa shape index (κ1) is 10.7. The highest BCUT2D eigenvalue weighted by Crippen LogP contribution is 2.23. The van der Waals surface area contributed by atoms with Gasteiger partial charge in [0.25, 0.3) is 0 Å². The van der Waals surface area contributed by atoms with Crippen LogP contribution in [0.2, 0.25) is 0 Å². The van der Waals surface area contributed by atoms with Crippen LogP contribution in [0, 0.1) is 11.3 Å². The molecule has 82 valence electrons. The molecule has 0 radical (unpaired) electrons. The van der Waals surface area contributed by atoms with E-state index in [1.165, 1.54) is 0 Å². The van der Waals surface area contributed by atoms with Crippen molar-refractivity contribution in [1.29, 1.82) is 5.26 Å². The Bertz CT molecular complexity index is 565. The maximum absolute atomic E-state index is 9.00. The molecule has 0 aliphatic carbocycles. The zero-order chi connectivity index (χ0) is 11.7. The zero-order valence-corrected chi connectivity index (χ0v) is 9.56. The number of rotatable bonds is 2. The fourth-order valence-corrected chi connectivity index (χ4v) is 1.79. The van der Waals surface area contributed by atoms with Gasteiger partial charge in [-0.3, -0.25) is 0 Å². The predicted molar refractivity (Wildman–Crippen MR) is 60.9 cm³/mol. The predicted octanol–water partition coefficient (Wildman–Crippen LogP) is 2.15. The molecule has 0 amide bonds. The average molecular weight is 215 g/mol. The number of hydrogen-bond donors (Lipinski definition) is 0. The van der Waals surface area contributed by atoms with E-state index in [4.69, 9.17) is 10.00 Å². The van der Waals surface area contributed by atoms with Gasteiger partial charge in [-0.15, -0.1) is 0 Å². The number of ether oxygens (including phenoxy) is 1. The Balaban J connectivity index is 2.73. The minimum absolute atomic E-state index is 0.0797. The van der Waals surface area contributed by atoms with Crippen LogP contribution in [0.4, 0.5) is 0 Å².